The second-order valence-electron chi connectivity index (χ2n) is 3.05. The van der Waals surface area contributed by atoms with Crippen molar-refractivity contribution in [1.29, 1.82) is 0 Å². The van der Waals surface area contributed by atoms with Crippen molar-refractivity contribution in [3.8, 4) is 22.6 Å². The first kappa shape index (κ1) is 7.88. The molecule has 0 aliphatic carbocycles. The second kappa shape index (κ2) is 3.03. The SMILES string of the molecule is c1cc2c(c(-c3ccsc3)c1)OCO2. The van der Waals surface area contributed by atoms with E-state index >= 15 is 0 Å². The minimum Gasteiger partial charge on any atom is -0.454 e. The van der Waals surface area contributed by atoms with Gasteiger partial charge in [-0.2, -0.15) is 11.3 Å². The fourth-order valence-electron chi connectivity index (χ4n) is 1.58. The molecule has 2 nitrogen and oxygen atoms in total. The van der Waals surface area contributed by atoms with Crippen LogP contribution in [0.3, 0.4) is 0 Å². The highest BCUT2D eigenvalue weighted by molar-refractivity contribution is 7.08. The summed E-state index contributed by atoms with van der Waals surface area (Å²) in [6.07, 6.45) is 0. The number of hydrogen-bond donors (Lipinski definition) is 0. The molecule has 0 saturated carbocycles. The third-order valence-corrected chi connectivity index (χ3v) is 2.91. The first-order valence-electron chi connectivity index (χ1n) is 4.36. The summed E-state index contributed by atoms with van der Waals surface area (Å²) in [4.78, 5) is 0. The van der Waals surface area contributed by atoms with E-state index in [1.54, 1.807) is 11.3 Å². The lowest BCUT2D eigenvalue weighted by molar-refractivity contribution is 0.174. The van der Waals surface area contributed by atoms with Crippen LogP contribution in [0.25, 0.3) is 11.1 Å². The topological polar surface area (TPSA) is 18.5 Å². The van der Waals surface area contributed by atoms with Gasteiger partial charge in [-0.25, -0.2) is 0 Å². The summed E-state index contributed by atoms with van der Waals surface area (Å²) in [7, 11) is 0. The van der Waals surface area contributed by atoms with Crippen LogP contribution in [0, 0.1) is 0 Å². The van der Waals surface area contributed by atoms with Gasteiger partial charge in [0.2, 0.25) is 6.79 Å². The number of benzene rings is 1. The molecule has 0 bridgehead atoms. The first-order valence-corrected chi connectivity index (χ1v) is 5.30. The van der Waals surface area contributed by atoms with E-state index in [4.69, 9.17) is 9.47 Å². The maximum absolute atomic E-state index is 5.44. The van der Waals surface area contributed by atoms with Gasteiger partial charge in [-0.05, 0) is 28.5 Å². The Morgan fingerprint density at radius 2 is 2.14 bits per heavy atom. The smallest absolute Gasteiger partial charge is 0.231 e. The van der Waals surface area contributed by atoms with Gasteiger partial charge in [0.05, 0.1) is 0 Å². The molecule has 3 heteroatoms. The molecule has 70 valence electrons. The van der Waals surface area contributed by atoms with Gasteiger partial charge in [-0.15, -0.1) is 0 Å². The molecule has 2 aromatic rings. The number of fused-ring (bicyclic) bond motifs is 1. The van der Waals surface area contributed by atoms with Crippen LogP contribution < -0.4 is 9.47 Å². The summed E-state index contributed by atoms with van der Waals surface area (Å²) in [5.74, 6) is 1.71. The van der Waals surface area contributed by atoms with Gasteiger partial charge in [0.1, 0.15) is 0 Å². The molecule has 0 spiro atoms. The van der Waals surface area contributed by atoms with E-state index in [2.05, 4.69) is 22.9 Å². The number of hydrogen-bond acceptors (Lipinski definition) is 3. The minimum absolute atomic E-state index is 0.330. The summed E-state index contributed by atoms with van der Waals surface area (Å²) in [5, 5.41) is 4.17. The lowest BCUT2D eigenvalue weighted by Crippen LogP contribution is -1.93. The van der Waals surface area contributed by atoms with E-state index in [9.17, 15) is 0 Å². The van der Waals surface area contributed by atoms with Crippen molar-refractivity contribution < 1.29 is 9.47 Å². The number of rotatable bonds is 1. The van der Waals surface area contributed by atoms with Crippen LogP contribution in [0.1, 0.15) is 0 Å². The molecule has 0 saturated heterocycles. The Morgan fingerprint density at radius 3 is 3.00 bits per heavy atom. The van der Waals surface area contributed by atoms with Crippen molar-refractivity contribution in [3.63, 3.8) is 0 Å². The normalized spacial score (nSPS) is 13.1. The standard InChI is InChI=1S/C11H8O2S/c1-2-9(8-4-5-14-6-8)11-10(3-1)12-7-13-11/h1-6H,7H2. The van der Waals surface area contributed by atoms with Crippen molar-refractivity contribution in [2.75, 3.05) is 6.79 Å². The summed E-state index contributed by atoms with van der Waals surface area (Å²) >= 11 is 1.68. The first-order chi connectivity index (χ1) is 6.95. The van der Waals surface area contributed by atoms with Gasteiger partial charge in [0.25, 0.3) is 0 Å². The van der Waals surface area contributed by atoms with Crippen LogP contribution in [-0.4, -0.2) is 6.79 Å². The third-order valence-electron chi connectivity index (χ3n) is 2.23. The predicted octanol–water partition coefficient (Wildman–Crippen LogP) is 3.14. The monoisotopic (exact) mass is 204 g/mol. The van der Waals surface area contributed by atoms with Crippen molar-refractivity contribution in [2.24, 2.45) is 0 Å². The fraction of sp³-hybridized carbons (Fsp3) is 0.0909. The molecule has 0 N–H and O–H groups in total. The lowest BCUT2D eigenvalue weighted by Gasteiger charge is -2.02. The molecule has 1 aliphatic rings. The van der Waals surface area contributed by atoms with Crippen LogP contribution in [-0.2, 0) is 0 Å². The summed E-state index contributed by atoms with van der Waals surface area (Å²) < 4.78 is 10.8. The van der Waals surface area contributed by atoms with E-state index < -0.39 is 0 Å². The molecule has 2 heterocycles. The highest BCUT2D eigenvalue weighted by Gasteiger charge is 2.17. The van der Waals surface area contributed by atoms with Gasteiger partial charge < -0.3 is 9.47 Å². The van der Waals surface area contributed by atoms with Crippen molar-refractivity contribution >= 4 is 11.3 Å². The zero-order valence-electron chi connectivity index (χ0n) is 7.40. The molecule has 0 fully saturated rings. The molecule has 0 unspecified atom stereocenters. The maximum atomic E-state index is 5.44. The largest absolute Gasteiger partial charge is 0.454 e. The van der Waals surface area contributed by atoms with Crippen molar-refractivity contribution in [2.45, 2.75) is 0 Å². The highest BCUT2D eigenvalue weighted by Crippen LogP contribution is 2.41. The van der Waals surface area contributed by atoms with Gasteiger partial charge in [0, 0.05) is 5.56 Å². The summed E-state index contributed by atoms with van der Waals surface area (Å²) in [6, 6.07) is 8.05. The molecule has 0 atom stereocenters. The zero-order valence-corrected chi connectivity index (χ0v) is 8.21. The molecule has 1 aromatic heterocycles. The van der Waals surface area contributed by atoms with Crippen LogP contribution in [0.4, 0.5) is 0 Å². The second-order valence-corrected chi connectivity index (χ2v) is 3.83. The van der Waals surface area contributed by atoms with Crippen molar-refractivity contribution in [1.82, 2.24) is 0 Å². The average molecular weight is 204 g/mol. The van der Waals surface area contributed by atoms with E-state index in [0.717, 1.165) is 17.1 Å². The van der Waals surface area contributed by atoms with E-state index in [-0.39, 0.29) is 0 Å². The Labute approximate surface area is 85.7 Å². The van der Waals surface area contributed by atoms with Crippen LogP contribution >= 0.6 is 11.3 Å². The summed E-state index contributed by atoms with van der Waals surface area (Å²) in [6.45, 7) is 0.330. The molecule has 1 aromatic carbocycles. The van der Waals surface area contributed by atoms with Crippen LogP contribution in [0.15, 0.2) is 35.0 Å². The summed E-state index contributed by atoms with van der Waals surface area (Å²) in [5.41, 5.74) is 2.30. The Kier molecular flexibility index (Phi) is 1.70. The van der Waals surface area contributed by atoms with Gasteiger partial charge in [0.15, 0.2) is 11.5 Å². The molecule has 0 radical (unpaired) electrons. The van der Waals surface area contributed by atoms with E-state index in [1.807, 2.05) is 12.1 Å². The van der Waals surface area contributed by atoms with E-state index in [0.29, 0.717) is 6.79 Å². The fourth-order valence-corrected chi connectivity index (χ4v) is 2.23. The van der Waals surface area contributed by atoms with Crippen LogP contribution in [0.5, 0.6) is 11.5 Å². The minimum atomic E-state index is 0.330. The van der Waals surface area contributed by atoms with Crippen molar-refractivity contribution in [3.05, 3.63) is 35.0 Å². The molecule has 0 amide bonds. The van der Waals surface area contributed by atoms with Gasteiger partial charge in [-0.3, -0.25) is 0 Å². The quantitative estimate of drug-likeness (QED) is 0.710. The Balaban J connectivity index is 2.20. The van der Waals surface area contributed by atoms with E-state index in [1.165, 1.54) is 5.56 Å². The third kappa shape index (κ3) is 1.09. The zero-order chi connectivity index (χ0) is 9.38. The Bertz CT molecular complexity index is 448. The number of para-hydroxylation sites is 1. The molecule has 14 heavy (non-hydrogen) atoms. The van der Waals surface area contributed by atoms with Gasteiger partial charge in [-0.1, -0.05) is 12.1 Å². The van der Waals surface area contributed by atoms with Gasteiger partial charge >= 0.3 is 0 Å². The lowest BCUT2D eigenvalue weighted by atomic mass is 10.1. The predicted molar refractivity (Wildman–Crippen MR) is 55.9 cm³/mol. The Morgan fingerprint density at radius 1 is 1.14 bits per heavy atom. The number of ether oxygens (including phenoxy) is 2. The molecular formula is C11H8O2S. The highest BCUT2D eigenvalue weighted by atomic mass is 32.1. The van der Waals surface area contributed by atoms with Crippen LogP contribution in [0.2, 0.25) is 0 Å². The molecule has 1 aliphatic heterocycles. The maximum Gasteiger partial charge on any atom is 0.231 e. The molecule has 3 rings (SSSR count). The average Bonchev–Trinajstić information content (AvgIpc) is 2.88. The Hall–Kier alpha value is -1.48. The molecular weight excluding hydrogens is 196 g/mol. The number of thiophene rings is 1.